The van der Waals surface area contributed by atoms with Gasteiger partial charge in [0.1, 0.15) is 10.7 Å². The van der Waals surface area contributed by atoms with E-state index in [1.807, 2.05) is 0 Å². The van der Waals surface area contributed by atoms with E-state index in [0.717, 1.165) is 0 Å². The Labute approximate surface area is 196 Å². The molecule has 2 aromatic rings. The van der Waals surface area contributed by atoms with Crippen LogP contribution in [0.15, 0.2) is 35.7 Å². The predicted octanol–water partition coefficient (Wildman–Crippen LogP) is 2.90. The van der Waals surface area contributed by atoms with E-state index in [2.05, 4.69) is 10.3 Å². The fraction of sp³-hybridized carbons (Fsp3) is 0.409. The number of aromatic nitrogens is 1. The van der Waals surface area contributed by atoms with Crippen LogP contribution in [-0.4, -0.2) is 67.1 Å². The van der Waals surface area contributed by atoms with Gasteiger partial charge in [0.2, 0.25) is 5.91 Å². The van der Waals surface area contributed by atoms with Crippen LogP contribution >= 0.6 is 11.3 Å². The fourth-order valence-corrected chi connectivity index (χ4v) is 3.60. The van der Waals surface area contributed by atoms with Crippen LogP contribution in [0, 0.1) is 10.1 Å². The minimum Gasteiger partial charge on any atom is -0.385 e. The predicted molar refractivity (Wildman–Crippen MR) is 125 cm³/mol. The molecule has 1 heterocycles. The molecule has 0 unspecified atom stereocenters. The summed E-state index contributed by atoms with van der Waals surface area (Å²) in [4.78, 5) is 41.3. The number of nitro groups is 1. The molecule has 0 saturated carbocycles. The van der Waals surface area contributed by atoms with Gasteiger partial charge < -0.3 is 19.7 Å². The summed E-state index contributed by atoms with van der Waals surface area (Å²) in [6.07, 6.45) is 4.38. The molecular formula is C22H28N4O6S. The topological polar surface area (TPSA) is 124 Å². The Hall–Kier alpha value is -3.15. The van der Waals surface area contributed by atoms with Crippen LogP contribution in [0.2, 0.25) is 0 Å². The number of benzene rings is 1. The minimum atomic E-state index is -0.474. The summed E-state index contributed by atoms with van der Waals surface area (Å²) in [5, 5.41) is 15.9. The molecule has 2 rings (SSSR count). The summed E-state index contributed by atoms with van der Waals surface area (Å²) in [5.74, 6) is -0.492. The molecule has 0 aliphatic rings. The van der Waals surface area contributed by atoms with E-state index in [1.165, 1.54) is 29.5 Å². The first kappa shape index (κ1) is 26.1. The second kappa shape index (κ2) is 14.1. The maximum atomic E-state index is 12.8. The van der Waals surface area contributed by atoms with E-state index in [4.69, 9.17) is 9.47 Å². The van der Waals surface area contributed by atoms with E-state index in [9.17, 15) is 19.7 Å². The number of amides is 2. The van der Waals surface area contributed by atoms with E-state index < -0.39 is 4.92 Å². The molecule has 0 aliphatic carbocycles. The van der Waals surface area contributed by atoms with Crippen molar-refractivity contribution in [1.29, 1.82) is 0 Å². The molecule has 0 spiro atoms. The summed E-state index contributed by atoms with van der Waals surface area (Å²) in [7, 11) is 3.20. The summed E-state index contributed by atoms with van der Waals surface area (Å²) in [6, 6.07) is 5.93. The van der Waals surface area contributed by atoms with Crippen LogP contribution in [0.4, 0.5) is 5.69 Å². The molecule has 0 bridgehead atoms. The largest absolute Gasteiger partial charge is 0.385 e. The molecule has 10 nitrogen and oxygen atoms in total. The molecule has 11 heteroatoms. The number of carbonyl (C=O) groups is 2. The van der Waals surface area contributed by atoms with E-state index in [0.29, 0.717) is 55.4 Å². The van der Waals surface area contributed by atoms with Crippen molar-refractivity contribution >= 4 is 34.9 Å². The molecule has 1 N–H and O–H groups in total. The highest BCUT2D eigenvalue weighted by atomic mass is 32.1. The first-order valence-electron chi connectivity index (χ1n) is 10.4. The van der Waals surface area contributed by atoms with Gasteiger partial charge in [0.05, 0.1) is 11.5 Å². The number of nitro benzene ring substituents is 1. The van der Waals surface area contributed by atoms with Crippen LogP contribution in [0.5, 0.6) is 0 Å². The van der Waals surface area contributed by atoms with Gasteiger partial charge in [0.25, 0.3) is 11.6 Å². The third-order valence-corrected chi connectivity index (χ3v) is 5.37. The number of hydrogen-bond acceptors (Lipinski definition) is 8. The maximum Gasteiger partial charge on any atom is 0.270 e. The number of nitrogens with one attached hydrogen (secondary N) is 1. The van der Waals surface area contributed by atoms with Gasteiger partial charge in [-0.15, -0.1) is 11.3 Å². The lowest BCUT2D eigenvalue weighted by Gasteiger charge is -2.20. The van der Waals surface area contributed by atoms with Gasteiger partial charge in [0, 0.05) is 64.1 Å². The first-order valence-corrected chi connectivity index (χ1v) is 11.2. The third-order valence-electron chi connectivity index (χ3n) is 4.53. The highest BCUT2D eigenvalue weighted by Gasteiger charge is 2.16. The van der Waals surface area contributed by atoms with Crippen LogP contribution in [-0.2, 0) is 20.8 Å². The standard InChI is InChI=1S/C22H28N4O6S/c1-31-13-3-11-23-22(28)19-16-33-20(24-19)15-25(12-4-14-32-2)21(27)10-7-17-5-8-18(9-6-17)26(29)30/h5-10,16H,3-4,11-15H2,1-2H3,(H,23,28)/b10-7+. The van der Waals surface area contributed by atoms with Crippen molar-refractivity contribution in [3.63, 3.8) is 0 Å². The zero-order valence-electron chi connectivity index (χ0n) is 18.7. The van der Waals surface area contributed by atoms with Gasteiger partial charge >= 0.3 is 0 Å². The number of non-ortho nitro benzene ring substituents is 1. The van der Waals surface area contributed by atoms with Crippen molar-refractivity contribution < 1.29 is 24.0 Å². The van der Waals surface area contributed by atoms with Crippen molar-refractivity contribution in [2.75, 3.05) is 40.5 Å². The summed E-state index contributed by atoms with van der Waals surface area (Å²) in [5.41, 5.74) is 0.979. The molecule has 178 valence electrons. The molecule has 33 heavy (non-hydrogen) atoms. The number of thiazole rings is 1. The van der Waals surface area contributed by atoms with Gasteiger partial charge in [0.15, 0.2) is 0 Å². The van der Waals surface area contributed by atoms with E-state index in [1.54, 1.807) is 42.7 Å². The lowest BCUT2D eigenvalue weighted by molar-refractivity contribution is -0.384. The second-order valence-corrected chi connectivity index (χ2v) is 7.96. The number of nitrogens with zero attached hydrogens (tertiary/aromatic N) is 3. The highest BCUT2D eigenvalue weighted by molar-refractivity contribution is 7.09. The number of methoxy groups -OCH3 is 2. The highest BCUT2D eigenvalue weighted by Crippen LogP contribution is 2.15. The monoisotopic (exact) mass is 476 g/mol. The zero-order chi connectivity index (χ0) is 24.1. The summed E-state index contributed by atoms with van der Waals surface area (Å²) >= 11 is 1.32. The van der Waals surface area contributed by atoms with Crippen molar-refractivity contribution in [3.8, 4) is 0 Å². The van der Waals surface area contributed by atoms with Crippen molar-refractivity contribution in [1.82, 2.24) is 15.2 Å². The smallest absolute Gasteiger partial charge is 0.270 e. The van der Waals surface area contributed by atoms with Crippen LogP contribution in [0.1, 0.15) is 33.9 Å². The molecule has 2 amide bonds. The Morgan fingerprint density at radius 3 is 2.55 bits per heavy atom. The lowest BCUT2D eigenvalue weighted by Crippen LogP contribution is -2.30. The Bertz CT molecular complexity index is 945. The maximum absolute atomic E-state index is 12.8. The minimum absolute atomic E-state index is 0.0121. The quantitative estimate of drug-likeness (QED) is 0.192. The van der Waals surface area contributed by atoms with Crippen LogP contribution < -0.4 is 5.32 Å². The number of hydrogen-bond donors (Lipinski definition) is 1. The normalized spacial score (nSPS) is 11.0. The van der Waals surface area contributed by atoms with E-state index >= 15 is 0 Å². The number of rotatable bonds is 14. The molecule has 1 aromatic carbocycles. The molecule has 0 aliphatic heterocycles. The van der Waals surface area contributed by atoms with Crippen molar-refractivity contribution in [3.05, 3.63) is 62.1 Å². The Morgan fingerprint density at radius 2 is 1.88 bits per heavy atom. The molecule has 0 atom stereocenters. The Morgan fingerprint density at radius 1 is 1.18 bits per heavy atom. The van der Waals surface area contributed by atoms with Gasteiger partial charge in [-0.05, 0) is 36.6 Å². The van der Waals surface area contributed by atoms with Gasteiger partial charge in [-0.3, -0.25) is 19.7 Å². The Balaban J connectivity index is 2.01. The van der Waals surface area contributed by atoms with Crippen molar-refractivity contribution in [2.45, 2.75) is 19.4 Å². The third kappa shape index (κ3) is 9.08. The fourth-order valence-electron chi connectivity index (χ4n) is 2.81. The SMILES string of the molecule is COCCCNC(=O)c1csc(CN(CCCOC)C(=O)/C=C/c2ccc([N+](=O)[O-])cc2)n1. The zero-order valence-corrected chi connectivity index (χ0v) is 19.5. The van der Waals surface area contributed by atoms with Gasteiger partial charge in [-0.2, -0.15) is 0 Å². The first-order chi connectivity index (χ1) is 15.9. The Kier molecular flexibility index (Phi) is 11.1. The summed E-state index contributed by atoms with van der Waals surface area (Å²) in [6.45, 7) is 2.27. The average Bonchev–Trinajstić information content (AvgIpc) is 3.28. The van der Waals surface area contributed by atoms with Crippen LogP contribution in [0.25, 0.3) is 6.08 Å². The second-order valence-electron chi connectivity index (χ2n) is 7.02. The molecule has 0 saturated heterocycles. The molecule has 0 fully saturated rings. The van der Waals surface area contributed by atoms with Gasteiger partial charge in [-0.25, -0.2) is 4.98 Å². The molecule has 0 radical (unpaired) electrons. The molecule has 1 aromatic heterocycles. The summed E-state index contributed by atoms with van der Waals surface area (Å²) < 4.78 is 10.0. The molecular weight excluding hydrogens is 448 g/mol. The van der Waals surface area contributed by atoms with E-state index in [-0.39, 0.29) is 24.0 Å². The average molecular weight is 477 g/mol. The van der Waals surface area contributed by atoms with Gasteiger partial charge in [-0.1, -0.05) is 0 Å². The number of ether oxygens (including phenoxy) is 2. The number of carbonyl (C=O) groups excluding carboxylic acids is 2. The van der Waals surface area contributed by atoms with Crippen molar-refractivity contribution in [2.24, 2.45) is 0 Å². The van der Waals surface area contributed by atoms with Crippen LogP contribution in [0.3, 0.4) is 0 Å². The lowest BCUT2D eigenvalue weighted by atomic mass is 10.2.